The van der Waals surface area contributed by atoms with Crippen LogP contribution in [0.1, 0.15) is 0 Å². The van der Waals surface area contributed by atoms with E-state index in [1.54, 1.807) is 4.90 Å². The van der Waals surface area contributed by atoms with Crippen LogP contribution in [0.4, 0.5) is 0 Å². The molecule has 0 saturated heterocycles. The summed E-state index contributed by atoms with van der Waals surface area (Å²) in [5.74, 6) is -4.37. The van der Waals surface area contributed by atoms with Gasteiger partial charge in [0, 0.05) is 19.6 Å². The maximum atomic E-state index is 8.93. The van der Waals surface area contributed by atoms with Gasteiger partial charge in [0.25, 0.3) is 0 Å². The van der Waals surface area contributed by atoms with Gasteiger partial charge in [0.05, 0.1) is 31.8 Å². The third kappa shape index (κ3) is 17.9. The molecule has 0 heterocycles. The average molecular weight is 293 g/mol. The van der Waals surface area contributed by atoms with E-state index < -0.39 is 11.9 Å². The normalized spacial score (nSPS) is 8.94. The van der Waals surface area contributed by atoms with Gasteiger partial charge in [-0.2, -0.15) is 0 Å². The first-order valence-electron chi connectivity index (χ1n) is 4.46. The van der Waals surface area contributed by atoms with E-state index in [0.717, 1.165) is 0 Å². The first-order chi connectivity index (χ1) is 7.49. The molecule has 0 aliphatic carbocycles. The molecule has 102 valence electrons. The van der Waals surface area contributed by atoms with Crippen molar-refractivity contribution < 1.29 is 52.2 Å². The van der Waals surface area contributed by atoms with Crippen LogP contribution in [0, 0.1) is 0 Å². The van der Waals surface area contributed by atoms with Crippen molar-refractivity contribution in [2.75, 3.05) is 39.5 Å². The Morgan fingerprint density at radius 2 is 1.06 bits per heavy atom. The van der Waals surface area contributed by atoms with E-state index in [0.29, 0.717) is 19.6 Å². The predicted octanol–water partition coefficient (Wildman–Crippen LogP) is -5.25. The molecule has 0 aromatic carbocycles. The Morgan fingerprint density at radius 3 is 1.18 bits per heavy atom. The zero-order chi connectivity index (χ0) is 13.0. The molecule has 0 aliphatic rings. The van der Waals surface area contributed by atoms with Crippen LogP contribution in [-0.4, -0.2) is 71.6 Å². The van der Waals surface area contributed by atoms with Crippen LogP contribution in [-0.2, 0) is 26.7 Å². The van der Waals surface area contributed by atoms with E-state index >= 15 is 0 Å². The summed E-state index contributed by atoms with van der Waals surface area (Å²) >= 11 is 0. The van der Waals surface area contributed by atoms with Crippen molar-refractivity contribution in [3.05, 3.63) is 0 Å². The van der Waals surface area contributed by atoms with Crippen molar-refractivity contribution in [2.24, 2.45) is 0 Å². The van der Waals surface area contributed by atoms with Crippen LogP contribution in [0.25, 0.3) is 0 Å². The fourth-order valence-electron chi connectivity index (χ4n) is 0.760. The zero-order valence-corrected chi connectivity index (χ0v) is 10.1. The number of rotatable bonds is 6. The van der Waals surface area contributed by atoms with Gasteiger partial charge in [-0.15, -0.1) is 0 Å². The molecule has 0 unspecified atom stereocenters. The number of carbonyl (C=O) groups is 2. The van der Waals surface area contributed by atoms with Gasteiger partial charge in [0.15, 0.2) is 0 Å². The van der Waals surface area contributed by atoms with Gasteiger partial charge in [-0.05, 0) is 0 Å². The van der Waals surface area contributed by atoms with Crippen LogP contribution >= 0.6 is 0 Å². The van der Waals surface area contributed by atoms with E-state index in [9.17, 15) is 0 Å². The second-order valence-electron chi connectivity index (χ2n) is 2.59. The topological polar surface area (TPSA) is 144 Å². The largest absolute Gasteiger partial charge is 2.00 e. The zero-order valence-electron chi connectivity index (χ0n) is 9.02. The van der Waals surface area contributed by atoms with Gasteiger partial charge < -0.3 is 35.1 Å². The van der Waals surface area contributed by atoms with Crippen molar-refractivity contribution >= 4 is 11.9 Å². The molecule has 0 rings (SSSR count). The van der Waals surface area contributed by atoms with Crippen LogP contribution < -0.4 is 10.2 Å². The number of aliphatic hydroxyl groups is 3. The number of nitrogens with zero attached hydrogens (tertiary/aromatic N) is 1. The molecular formula is C8H15FeNO7. The van der Waals surface area contributed by atoms with Gasteiger partial charge in [-0.25, -0.2) is 0 Å². The molecule has 8 nitrogen and oxygen atoms in total. The minimum atomic E-state index is -2.19. The molecule has 0 bridgehead atoms. The molecule has 0 fully saturated rings. The van der Waals surface area contributed by atoms with Gasteiger partial charge in [0.1, 0.15) is 0 Å². The van der Waals surface area contributed by atoms with E-state index in [4.69, 9.17) is 35.1 Å². The Balaban J connectivity index is -0.000000244. The minimum Gasteiger partial charge on any atom is -0.543 e. The summed E-state index contributed by atoms with van der Waals surface area (Å²) in [6.07, 6.45) is 0. The molecule has 0 radical (unpaired) electrons. The molecule has 17 heavy (non-hydrogen) atoms. The van der Waals surface area contributed by atoms with Gasteiger partial charge in [0.2, 0.25) is 0 Å². The number of carbonyl (C=O) groups excluding carboxylic acids is 2. The number of aliphatic carboxylic acids is 2. The Kier molecular flexibility index (Phi) is 19.4. The average Bonchev–Trinajstić information content (AvgIpc) is 2.19. The summed E-state index contributed by atoms with van der Waals surface area (Å²) in [7, 11) is 0. The maximum Gasteiger partial charge on any atom is 2.00 e. The Labute approximate surface area is 109 Å². The summed E-state index contributed by atoms with van der Waals surface area (Å²) < 4.78 is 0. The number of hydrogen-bond donors (Lipinski definition) is 3. The minimum absolute atomic E-state index is 0. The van der Waals surface area contributed by atoms with Crippen molar-refractivity contribution in [1.82, 2.24) is 4.90 Å². The number of hydrogen-bond acceptors (Lipinski definition) is 8. The number of carboxylic acid groups (broad SMARTS) is 2. The first-order valence-corrected chi connectivity index (χ1v) is 4.46. The summed E-state index contributed by atoms with van der Waals surface area (Å²) in [4.78, 5) is 19.6. The van der Waals surface area contributed by atoms with E-state index in [-0.39, 0.29) is 36.9 Å². The number of carboxylic acids is 2. The Hall–Kier alpha value is -0.701. The van der Waals surface area contributed by atoms with Crippen LogP contribution in [0.15, 0.2) is 0 Å². The van der Waals surface area contributed by atoms with Crippen molar-refractivity contribution in [2.45, 2.75) is 0 Å². The first kappa shape index (κ1) is 21.6. The number of aliphatic hydroxyl groups excluding tert-OH is 3. The SMILES string of the molecule is O=C([O-])C(=O)[O-].OCCN(CCO)CCO.[Fe+2]. The van der Waals surface area contributed by atoms with Gasteiger partial charge in [-0.1, -0.05) is 0 Å². The molecule has 0 amide bonds. The molecule has 0 atom stereocenters. The predicted molar refractivity (Wildman–Crippen MR) is 47.7 cm³/mol. The van der Waals surface area contributed by atoms with Crippen molar-refractivity contribution in [1.29, 1.82) is 0 Å². The van der Waals surface area contributed by atoms with Crippen LogP contribution in [0.3, 0.4) is 0 Å². The van der Waals surface area contributed by atoms with Crippen molar-refractivity contribution in [3.63, 3.8) is 0 Å². The molecule has 0 aromatic rings. The van der Waals surface area contributed by atoms with Crippen LogP contribution in [0.2, 0.25) is 0 Å². The fourth-order valence-corrected chi connectivity index (χ4v) is 0.760. The van der Waals surface area contributed by atoms with Gasteiger partial charge >= 0.3 is 17.1 Å². The third-order valence-corrected chi connectivity index (χ3v) is 1.42. The van der Waals surface area contributed by atoms with E-state index in [2.05, 4.69) is 0 Å². The maximum absolute atomic E-state index is 8.93. The molecular weight excluding hydrogens is 278 g/mol. The van der Waals surface area contributed by atoms with E-state index in [1.807, 2.05) is 0 Å². The smallest absolute Gasteiger partial charge is 0.543 e. The second-order valence-corrected chi connectivity index (χ2v) is 2.59. The summed E-state index contributed by atoms with van der Waals surface area (Å²) in [6.45, 7) is 1.75. The summed E-state index contributed by atoms with van der Waals surface area (Å²) in [6, 6.07) is 0. The fraction of sp³-hybridized carbons (Fsp3) is 0.750. The van der Waals surface area contributed by atoms with Crippen LogP contribution in [0.5, 0.6) is 0 Å². The molecule has 9 heteroatoms. The molecule has 0 spiro atoms. The third-order valence-electron chi connectivity index (χ3n) is 1.42. The molecule has 0 aromatic heterocycles. The molecule has 0 saturated carbocycles. The quantitative estimate of drug-likeness (QED) is 0.325. The van der Waals surface area contributed by atoms with Gasteiger partial charge in [-0.3, -0.25) is 4.90 Å². The summed E-state index contributed by atoms with van der Waals surface area (Å²) in [5, 5.41) is 43.3. The molecule has 3 N–H and O–H groups in total. The van der Waals surface area contributed by atoms with Crippen molar-refractivity contribution in [3.8, 4) is 0 Å². The van der Waals surface area contributed by atoms with E-state index in [1.165, 1.54) is 0 Å². The standard InChI is InChI=1S/C6H15NO3.C2H2O4.Fe/c8-4-1-7(2-5-9)3-6-10;3-1(4)2(5)6;/h8-10H,1-6H2;(H,3,4)(H,5,6);/q;;+2/p-2. The molecule has 0 aliphatic heterocycles. The summed E-state index contributed by atoms with van der Waals surface area (Å²) in [5.41, 5.74) is 0. The Bertz CT molecular complexity index is 176. The second kappa shape index (κ2) is 15.3. The monoisotopic (exact) mass is 293 g/mol. The Morgan fingerprint density at radius 1 is 0.824 bits per heavy atom.